The molecule has 3 rings (SSSR count). The van der Waals surface area contributed by atoms with Gasteiger partial charge in [0.2, 0.25) is 0 Å². The molecule has 0 radical (unpaired) electrons. The van der Waals surface area contributed by atoms with E-state index in [1.165, 1.54) is 0 Å². The second-order valence-electron chi connectivity index (χ2n) is 4.14. The van der Waals surface area contributed by atoms with Gasteiger partial charge in [-0.15, -0.1) is 11.3 Å². The van der Waals surface area contributed by atoms with Crippen molar-refractivity contribution in [2.24, 2.45) is 0 Å². The van der Waals surface area contributed by atoms with Crippen molar-refractivity contribution in [1.29, 1.82) is 0 Å². The zero-order valence-electron chi connectivity index (χ0n) is 10.1. The smallest absolute Gasteiger partial charge is 0.259 e. The fraction of sp³-hybridized carbons (Fsp3) is 0.133. The van der Waals surface area contributed by atoms with E-state index in [0.29, 0.717) is 6.54 Å². The first-order valence-corrected chi connectivity index (χ1v) is 6.85. The van der Waals surface area contributed by atoms with Crippen molar-refractivity contribution in [1.82, 2.24) is 0 Å². The number of anilines is 1. The predicted molar refractivity (Wildman–Crippen MR) is 76.7 cm³/mol. The Morgan fingerprint density at radius 2 is 2.06 bits per heavy atom. The average Bonchev–Trinajstić information content (AvgIpc) is 2.98. The van der Waals surface area contributed by atoms with Crippen molar-refractivity contribution in [2.75, 3.05) is 11.4 Å². The summed E-state index contributed by atoms with van der Waals surface area (Å²) in [4.78, 5) is 15.3. The third-order valence-electron chi connectivity index (χ3n) is 3.11. The van der Waals surface area contributed by atoms with Gasteiger partial charge in [-0.3, -0.25) is 4.79 Å². The summed E-state index contributed by atoms with van der Waals surface area (Å²) < 4.78 is 0. The van der Waals surface area contributed by atoms with Crippen LogP contribution in [0.15, 0.2) is 41.8 Å². The number of likely N-dealkylation sites (N-methyl/N-ethyl adjacent to an activating group) is 1. The Bertz CT molecular complexity index is 613. The van der Waals surface area contributed by atoms with Gasteiger partial charge in [-0.05, 0) is 30.5 Å². The molecule has 0 unspecified atom stereocenters. The van der Waals surface area contributed by atoms with E-state index in [-0.39, 0.29) is 5.91 Å². The van der Waals surface area contributed by atoms with Crippen LogP contribution in [-0.2, 0) is 4.79 Å². The maximum absolute atomic E-state index is 12.4. The molecule has 0 fully saturated rings. The number of fused-ring (bicyclic) bond motifs is 1. The molecular formula is C15H13NOS. The van der Waals surface area contributed by atoms with Crippen LogP contribution in [0.4, 0.5) is 5.69 Å². The molecule has 2 heterocycles. The quantitative estimate of drug-likeness (QED) is 0.750. The Balaban J connectivity index is 2.14. The van der Waals surface area contributed by atoms with Gasteiger partial charge in [-0.25, -0.2) is 0 Å². The third-order valence-corrected chi connectivity index (χ3v) is 3.93. The number of thiophene rings is 1. The average molecular weight is 255 g/mol. The summed E-state index contributed by atoms with van der Waals surface area (Å²) in [5.41, 5.74) is 2.86. The summed E-state index contributed by atoms with van der Waals surface area (Å²) in [6.45, 7) is 2.71. The van der Waals surface area contributed by atoms with Crippen LogP contribution in [-0.4, -0.2) is 12.5 Å². The van der Waals surface area contributed by atoms with Crippen molar-refractivity contribution in [3.63, 3.8) is 0 Å². The number of para-hydroxylation sites is 1. The zero-order chi connectivity index (χ0) is 12.5. The molecule has 90 valence electrons. The van der Waals surface area contributed by atoms with Gasteiger partial charge in [-0.1, -0.05) is 24.3 Å². The summed E-state index contributed by atoms with van der Waals surface area (Å²) in [6.07, 6.45) is 1.99. The fourth-order valence-corrected chi connectivity index (χ4v) is 2.93. The lowest BCUT2D eigenvalue weighted by Gasteiger charge is -2.13. The number of nitrogens with zero attached hydrogens (tertiary/aromatic N) is 1. The van der Waals surface area contributed by atoms with Gasteiger partial charge in [0.25, 0.3) is 5.91 Å². The van der Waals surface area contributed by atoms with Crippen molar-refractivity contribution in [3.05, 3.63) is 52.2 Å². The monoisotopic (exact) mass is 255 g/mol. The molecule has 0 bridgehead atoms. The molecule has 0 saturated heterocycles. The maximum atomic E-state index is 12.4. The molecule has 0 saturated carbocycles. The highest BCUT2D eigenvalue weighted by Crippen LogP contribution is 2.37. The van der Waals surface area contributed by atoms with Crippen molar-refractivity contribution >= 4 is 34.6 Å². The topological polar surface area (TPSA) is 20.3 Å². The molecule has 1 aromatic carbocycles. The number of rotatable bonds is 2. The van der Waals surface area contributed by atoms with Crippen LogP contribution in [0.25, 0.3) is 11.6 Å². The van der Waals surface area contributed by atoms with E-state index in [9.17, 15) is 4.79 Å². The highest BCUT2D eigenvalue weighted by molar-refractivity contribution is 7.11. The van der Waals surface area contributed by atoms with E-state index in [0.717, 1.165) is 21.7 Å². The predicted octanol–water partition coefficient (Wildman–Crippen LogP) is 3.66. The Hall–Kier alpha value is -1.87. The minimum Gasteiger partial charge on any atom is -0.308 e. The summed E-state index contributed by atoms with van der Waals surface area (Å²) in [5, 5.41) is 2.02. The first kappa shape index (κ1) is 11.2. The van der Waals surface area contributed by atoms with Crippen molar-refractivity contribution in [3.8, 4) is 0 Å². The summed E-state index contributed by atoms with van der Waals surface area (Å²) in [6, 6.07) is 12.0. The molecule has 0 atom stereocenters. The highest BCUT2D eigenvalue weighted by atomic mass is 32.1. The molecule has 1 aliphatic heterocycles. The second-order valence-corrected chi connectivity index (χ2v) is 5.12. The fourth-order valence-electron chi connectivity index (χ4n) is 2.28. The third kappa shape index (κ3) is 1.68. The van der Waals surface area contributed by atoms with Crippen molar-refractivity contribution < 1.29 is 4.79 Å². The van der Waals surface area contributed by atoms with Gasteiger partial charge in [0.15, 0.2) is 0 Å². The standard InChI is InChI=1S/C15H13NOS/c1-2-16-14-8-4-3-7-12(14)13(15(16)17)10-11-6-5-9-18-11/h3-10H,2H2,1H3. The van der Waals surface area contributed by atoms with Gasteiger partial charge in [0.05, 0.1) is 11.3 Å². The van der Waals surface area contributed by atoms with E-state index < -0.39 is 0 Å². The molecule has 2 aromatic rings. The van der Waals surface area contributed by atoms with E-state index in [1.807, 2.05) is 59.7 Å². The molecule has 1 aromatic heterocycles. The minimum absolute atomic E-state index is 0.104. The number of hydrogen-bond donors (Lipinski definition) is 0. The molecule has 1 amide bonds. The molecule has 18 heavy (non-hydrogen) atoms. The molecule has 0 aliphatic carbocycles. The molecule has 2 nitrogen and oxygen atoms in total. The SMILES string of the molecule is CCN1C(=O)C(=Cc2cccs2)c2ccccc21. The van der Waals surface area contributed by atoms with Crippen LogP contribution in [0.2, 0.25) is 0 Å². The largest absolute Gasteiger partial charge is 0.308 e. The lowest BCUT2D eigenvalue weighted by molar-refractivity contribution is -0.112. The van der Waals surface area contributed by atoms with Crippen LogP contribution < -0.4 is 4.90 Å². The molecule has 1 aliphatic rings. The second kappa shape index (κ2) is 4.42. The Kier molecular flexibility index (Phi) is 2.76. The number of carbonyl (C=O) groups excluding carboxylic acids is 1. The van der Waals surface area contributed by atoms with Gasteiger partial charge in [0, 0.05) is 17.0 Å². The summed E-state index contributed by atoms with van der Waals surface area (Å²) in [5.74, 6) is 0.104. The van der Waals surface area contributed by atoms with E-state index >= 15 is 0 Å². The zero-order valence-corrected chi connectivity index (χ0v) is 10.9. The van der Waals surface area contributed by atoms with Crippen LogP contribution in [0, 0.1) is 0 Å². The minimum atomic E-state index is 0.104. The van der Waals surface area contributed by atoms with Crippen molar-refractivity contribution in [2.45, 2.75) is 6.92 Å². The van der Waals surface area contributed by atoms with Gasteiger partial charge < -0.3 is 4.90 Å². The lowest BCUT2D eigenvalue weighted by atomic mass is 10.1. The van der Waals surface area contributed by atoms with Gasteiger partial charge >= 0.3 is 0 Å². The normalized spacial score (nSPS) is 16.4. The number of benzene rings is 1. The van der Waals surface area contributed by atoms with Gasteiger partial charge in [-0.2, -0.15) is 0 Å². The maximum Gasteiger partial charge on any atom is 0.259 e. The first-order chi connectivity index (χ1) is 8.81. The van der Waals surface area contributed by atoms with Crippen LogP contribution >= 0.6 is 11.3 Å². The van der Waals surface area contributed by atoms with E-state index in [4.69, 9.17) is 0 Å². The Morgan fingerprint density at radius 1 is 1.22 bits per heavy atom. The van der Waals surface area contributed by atoms with Crippen LogP contribution in [0.3, 0.4) is 0 Å². The number of hydrogen-bond acceptors (Lipinski definition) is 2. The number of carbonyl (C=O) groups is 1. The van der Waals surface area contributed by atoms with E-state index in [1.54, 1.807) is 11.3 Å². The molecule has 0 spiro atoms. The highest BCUT2D eigenvalue weighted by Gasteiger charge is 2.30. The Morgan fingerprint density at radius 3 is 2.78 bits per heavy atom. The lowest BCUT2D eigenvalue weighted by Crippen LogP contribution is -2.25. The van der Waals surface area contributed by atoms with Crippen LogP contribution in [0.5, 0.6) is 0 Å². The first-order valence-electron chi connectivity index (χ1n) is 5.97. The van der Waals surface area contributed by atoms with E-state index in [2.05, 4.69) is 0 Å². The van der Waals surface area contributed by atoms with Crippen LogP contribution in [0.1, 0.15) is 17.4 Å². The van der Waals surface area contributed by atoms with Gasteiger partial charge in [0.1, 0.15) is 0 Å². The summed E-state index contributed by atoms with van der Waals surface area (Å²) in [7, 11) is 0. The summed E-state index contributed by atoms with van der Waals surface area (Å²) >= 11 is 1.65. The molecular weight excluding hydrogens is 242 g/mol. The Labute approximate surface area is 110 Å². The molecule has 3 heteroatoms. The number of amides is 1. The molecule has 0 N–H and O–H groups in total.